The van der Waals surface area contributed by atoms with E-state index in [1.165, 1.54) is 12.8 Å². The third-order valence-corrected chi connectivity index (χ3v) is 3.67. The van der Waals surface area contributed by atoms with E-state index in [2.05, 4.69) is 25.3 Å². The van der Waals surface area contributed by atoms with Crippen molar-refractivity contribution in [2.24, 2.45) is 5.41 Å². The molecule has 0 unspecified atom stereocenters. The van der Waals surface area contributed by atoms with Crippen molar-refractivity contribution in [3.8, 4) is 0 Å². The summed E-state index contributed by atoms with van der Waals surface area (Å²) in [6, 6.07) is 0.518. The summed E-state index contributed by atoms with van der Waals surface area (Å²) in [7, 11) is 2.00. The molecule has 1 N–H and O–H groups in total. The lowest BCUT2D eigenvalue weighted by molar-refractivity contribution is -0.132. The number of likely N-dealkylation sites (N-methyl/N-ethyl adjacent to an activating group) is 1. The number of aliphatic carboxylic acids is 1. The number of rotatable bonds is 4. The van der Waals surface area contributed by atoms with Crippen LogP contribution in [0.25, 0.3) is 0 Å². The van der Waals surface area contributed by atoms with Crippen LogP contribution in [0, 0.1) is 5.41 Å². The maximum Gasteiger partial charge on any atom is 0.332 e. The minimum absolute atomic E-state index is 0.285. The second-order valence-electron chi connectivity index (χ2n) is 5.72. The minimum Gasteiger partial charge on any atom is -0.478 e. The molecule has 1 aliphatic rings. The fourth-order valence-electron chi connectivity index (χ4n) is 2.32. The zero-order valence-electron chi connectivity index (χ0n) is 10.6. The molecule has 92 valence electrons. The van der Waals surface area contributed by atoms with Crippen LogP contribution in [0.2, 0.25) is 0 Å². The van der Waals surface area contributed by atoms with Crippen molar-refractivity contribution >= 4 is 5.97 Å². The molecule has 3 heteroatoms. The quantitative estimate of drug-likeness (QED) is 0.747. The smallest absolute Gasteiger partial charge is 0.332 e. The lowest BCUT2D eigenvalue weighted by Crippen LogP contribution is -2.38. The molecule has 0 heterocycles. The molecule has 0 aromatic carbocycles. The Balaban J connectivity index is 2.42. The fourth-order valence-corrected chi connectivity index (χ4v) is 2.32. The van der Waals surface area contributed by atoms with Gasteiger partial charge >= 0.3 is 5.97 Å². The van der Waals surface area contributed by atoms with Crippen molar-refractivity contribution in [3.05, 3.63) is 12.2 Å². The predicted octanol–water partition coefficient (Wildman–Crippen LogP) is 2.53. The zero-order valence-corrected chi connectivity index (χ0v) is 10.6. The Bertz CT molecular complexity index is 274. The van der Waals surface area contributed by atoms with Crippen molar-refractivity contribution in [2.45, 2.75) is 45.6 Å². The van der Waals surface area contributed by atoms with Gasteiger partial charge in [-0.05, 0) is 38.1 Å². The molecular weight excluding hydrogens is 202 g/mol. The van der Waals surface area contributed by atoms with Crippen molar-refractivity contribution in [3.63, 3.8) is 0 Å². The Labute approximate surface area is 98.1 Å². The molecule has 0 radical (unpaired) electrons. The highest BCUT2D eigenvalue weighted by atomic mass is 16.4. The summed E-state index contributed by atoms with van der Waals surface area (Å²) < 4.78 is 0. The van der Waals surface area contributed by atoms with Gasteiger partial charge in [0.15, 0.2) is 0 Å². The first-order chi connectivity index (χ1) is 7.32. The number of carboxylic acids is 1. The first-order valence-corrected chi connectivity index (χ1v) is 5.93. The van der Waals surface area contributed by atoms with Gasteiger partial charge in [0.1, 0.15) is 0 Å². The Morgan fingerprint density at radius 3 is 2.38 bits per heavy atom. The monoisotopic (exact) mass is 225 g/mol. The highest BCUT2D eigenvalue weighted by molar-refractivity contribution is 5.86. The van der Waals surface area contributed by atoms with Gasteiger partial charge in [-0.15, -0.1) is 0 Å². The van der Waals surface area contributed by atoms with Crippen molar-refractivity contribution in [1.29, 1.82) is 0 Å². The van der Waals surface area contributed by atoms with Gasteiger partial charge in [-0.1, -0.05) is 20.4 Å². The second kappa shape index (κ2) is 5.00. The molecule has 1 aliphatic carbocycles. The summed E-state index contributed by atoms with van der Waals surface area (Å²) in [6.07, 6.45) is 4.77. The molecule has 0 atom stereocenters. The molecule has 0 amide bonds. The maximum atomic E-state index is 10.7. The molecule has 1 fully saturated rings. The van der Waals surface area contributed by atoms with Crippen LogP contribution >= 0.6 is 0 Å². The molecule has 0 saturated heterocycles. The normalized spacial score (nSPS) is 21.0. The van der Waals surface area contributed by atoms with E-state index >= 15 is 0 Å². The van der Waals surface area contributed by atoms with Crippen LogP contribution in [0.5, 0.6) is 0 Å². The topological polar surface area (TPSA) is 40.5 Å². The van der Waals surface area contributed by atoms with Gasteiger partial charge in [0.2, 0.25) is 0 Å². The maximum absolute atomic E-state index is 10.7. The number of nitrogens with zero attached hydrogens (tertiary/aromatic N) is 1. The molecule has 0 spiro atoms. The number of carbonyl (C=O) groups is 1. The summed E-state index contributed by atoms with van der Waals surface area (Å²) in [4.78, 5) is 12.8. The van der Waals surface area contributed by atoms with Crippen molar-refractivity contribution in [2.75, 3.05) is 13.6 Å². The predicted molar refractivity (Wildman–Crippen MR) is 65.4 cm³/mol. The lowest BCUT2D eigenvalue weighted by Gasteiger charge is -2.38. The van der Waals surface area contributed by atoms with Crippen LogP contribution in [0.15, 0.2) is 12.2 Å². The van der Waals surface area contributed by atoms with Crippen molar-refractivity contribution < 1.29 is 9.90 Å². The van der Waals surface area contributed by atoms with Gasteiger partial charge in [0.25, 0.3) is 0 Å². The van der Waals surface area contributed by atoms with Crippen LogP contribution in [0.4, 0.5) is 0 Å². The third-order valence-electron chi connectivity index (χ3n) is 3.67. The van der Waals surface area contributed by atoms with Gasteiger partial charge in [0.05, 0.1) is 0 Å². The molecule has 16 heavy (non-hydrogen) atoms. The second-order valence-corrected chi connectivity index (χ2v) is 5.72. The van der Waals surface area contributed by atoms with E-state index in [-0.39, 0.29) is 5.57 Å². The third kappa shape index (κ3) is 3.63. The average Bonchev–Trinajstić information content (AvgIpc) is 2.17. The molecule has 1 saturated carbocycles. The first kappa shape index (κ1) is 13.2. The lowest BCUT2D eigenvalue weighted by atomic mass is 9.75. The molecule has 3 nitrogen and oxygen atoms in total. The number of hydrogen-bond acceptors (Lipinski definition) is 2. The minimum atomic E-state index is -0.886. The summed E-state index contributed by atoms with van der Waals surface area (Å²) in [5.74, 6) is -0.886. The van der Waals surface area contributed by atoms with E-state index in [4.69, 9.17) is 5.11 Å². The highest BCUT2D eigenvalue weighted by Gasteiger charge is 2.29. The Morgan fingerprint density at radius 2 is 1.94 bits per heavy atom. The molecule has 0 bridgehead atoms. The summed E-state index contributed by atoms with van der Waals surface area (Å²) in [5.41, 5.74) is 0.744. The summed E-state index contributed by atoms with van der Waals surface area (Å²) in [6.45, 7) is 8.66. The molecule has 0 aromatic heterocycles. The molecule has 0 aliphatic heterocycles. The van der Waals surface area contributed by atoms with Crippen LogP contribution < -0.4 is 0 Å². The van der Waals surface area contributed by atoms with Gasteiger partial charge in [-0.3, -0.25) is 4.90 Å². The zero-order chi connectivity index (χ0) is 12.3. The van der Waals surface area contributed by atoms with E-state index in [9.17, 15) is 4.79 Å². The number of hydrogen-bond donors (Lipinski definition) is 1. The van der Waals surface area contributed by atoms with Crippen LogP contribution in [0.3, 0.4) is 0 Å². The molecule has 1 rings (SSSR count). The van der Waals surface area contributed by atoms with Gasteiger partial charge in [0, 0.05) is 18.2 Å². The van der Waals surface area contributed by atoms with Gasteiger partial charge < -0.3 is 5.11 Å². The van der Waals surface area contributed by atoms with Crippen LogP contribution in [0.1, 0.15) is 39.5 Å². The SMILES string of the molecule is C=C(CN(C)C1CCC(C)(C)CC1)C(=O)O. The summed E-state index contributed by atoms with van der Waals surface area (Å²) in [5, 5.41) is 8.79. The van der Waals surface area contributed by atoms with Gasteiger partial charge in [-0.25, -0.2) is 4.79 Å². The summed E-state index contributed by atoms with van der Waals surface area (Å²) >= 11 is 0. The largest absolute Gasteiger partial charge is 0.478 e. The Hall–Kier alpha value is -0.830. The number of carboxylic acid groups (broad SMARTS) is 1. The van der Waals surface area contributed by atoms with Gasteiger partial charge in [-0.2, -0.15) is 0 Å². The van der Waals surface area contributed by atoms with E-state index in [0.717, 1.165) is 12.8 Å². The Morgan fingerprint density at radius 1 is 1.44 bits per heavy atom. The molecule has 0 aromatic rings. The van der Waals surface area contributed by atoms with E-state index in [1.807, 2.05) is 7.05 Å². The van der Waals surface area contributed by atoms with E-state index in [1.54, 1.807) is 0 Å². The first-order valence-electron chi connectivity index (χ1n) is 5.93. The highest BCUT2D eigenvalue weighted by Crippen LogP contribution is 2.36. The van der Waals surface area contributed by atoms with E-state index < -0.39 is 5.97 Å². The van der Waals surface area contributed by atoms with E-state index in [0.29, 0.717) is 18.0 Å². The average molecular weight is 225 g/mol. The standard InChI is InChI=1S/C13H23NO2/c1-10(12(15)16)9-14(4)11-5-7-13(2,3)8-6-11/h11H,1,5-9H2,2-4H3,(H,15,16). The van der Waals surface area contributed by atoms with Crippen LogP contribution in [-0.4, -0.2) is 35.6 Å². The Kier molecular flexibility index (Phi) is 4.14. The molecular formula is C13H23NO2. The van der Waals surface area contributed by atoms with Crippen LogP contribution in [-0.2, 0) is 4.79 Å². The van der Waals surface area contributed by atoms with Crippen molar-refractivity contribution in [1.82, 2.24) is 4.90 Å². The fraction of sp³-hybridized carbons (Fsp3) is 0.769.